The molecule has 0 aliphatic carbocycles. The number of carbonyl (C=O) groups excluding carboxylic acids is 1. The summed E-state index contributed by atoms with van der Waals surface area (Å²) in [7, 11) is 0. The molecule has 2 aromatic rings. The molecule has 0 saturated carbocycles. The van der Waals surface area contributed by atoms with E-state index < -0.39 is 4.92 Å². The smallest absolute Gasteiger partial charge is 0.313 e. The molecule has 2 heterocycles. The van der Waals surface area contributed by atoms with Gasteiger partial charge in [0.25, 0.3) is 5.91 Å². The van der Waals surface area contributed by atoms with Crippen LogP contribution in [0.25, 0.3) is 0 Å². The van der Waals surface area contributed by atoms with Gasteiger partial charge in [0.15, 0.2) is 0 Å². The van der Waals surface area contributed by atoms with E-state index in [4.69, 9.17) is 16.3 Å². The second kappa shape index (κ2) is 9.02. The Morgan fingerprint density at radius 2 is 1.83 bits per heavy atom. The molecule has 0 radical (unpaired) electrons. The summed E-state index contributed by atoms with van der Waals surface area (Å²) < 4.78 is 5.66. The molecule has 1 unspecified atom stereocenters. The van der Waals surface area contributed by atoms with Gasteiger partial charge >= 0.3 is 5.69 Å². The fraction of sp³-hybridized carbons (Fsp3) is 0.409. The van der Waals surface area contributed by atoms with Crippen molar-refractivity contribution in [2.75, 3.05) is 26.2 Å². The quantitative estimate of drug-likeness (QED) is 0.489. The number of nitro benzene ring substituents is 1. The van der Waals surface area contributed by atoms with Gasteiger partial charge < -0.3 is 14.5 Å². The molecule has 0 bridgehead atoms. The Labute approximate surface area is 180 Å². The van der Waals surface area contributed by atoms with Crippen LogP contribution in [0.15, 0.2) is 42.5 Å². The van der Waals surface area contributed by atoms with Gasteiger partial charge in [-0.3, -0.25) is 14.9 Å². The molecule has 0 N–H and O–H groups in total. The van der Waals surface area contributed by atoms with E-state index in [2.05, 4.69) is 4.90 Å². The predicted molar refractivity (Wildman–Crippen MR) is 114 cm³/mol. The third-order valence-corrected chi connectivity index (χ3v) is 5.99. The van der Waals surface area contributed by atoms with Crippen molar-refractivity contribution in [2.45, 2.75) is 31.7 Å². The van der Waals surface area contributed by atoms with Crippen LogP contribution in [-0.2, 0) is 0 Å². The summed E-state index contributed by atoms with van der Waals surface area (Å²) in [5, 5.41) is 11.5. The van der Waals surface area contributed by atoms with Crippen LogP contribution in [0.2, 0.25) is 5.02 Å². The number of carbonyl (C=O) groups is 1. The van der Waals surface area contributed by atoms with Crippen LogP contribution in [-0.4, -0.2) is 52.9 Å². The Morgan fingerprint density at radius 1 is 1.10 bits per heavy atom. The molecule has 0 spiro atoms. The van der Waals surface area contributed by atoms with Crippen LogP contribution in [0.5, 0.6) is 11.5 Å². The van der Waals surface area contributed by atoms with E-state index in [1.54, 1.807) is 24.3 Å². The van der Waals surface area contributed by atoms with Gasteiger partial charge in [-0.1, -0.05) is 11.6 Å². The fourth-order valence-corrected chi connectivity index (χ4v) is 4.40. The third kappa shape index (κ3) is 4.57. The van der Waals surface area contributed by atoms with E-state index >= 15 is 0 Å². The minimum atomic E-state index is -0.535. The second-order valence-corrected chi connectivity index (χ2v) is 8.23. The molecule has 2 aromatic carbocycles. The third-order valence-electron chi connectivity index (χ3n) is 5.75. The van der Waals surface area contributed by atoms with E-state index in [9.17, 15) is 14.9 Å². The molecule has 158 valence electrons. The Morgan fingerprint density at radius 3 is 2.53 bits per heavy atom. The first-order valence-corrected chi connectivity index (χ1v) is 10.6. The number of rotatable bonds is 6. The summed E-state index contributed by atoms with van der Waals surface area (Å²) >= 11 is 5.84. The summed E-state index contributed by atoms with van der Waals surface area (Å²) in [4.78, 5) is 28.2. The van der Waals surface area contributed by atoms with Crippen molar-refractivity contribution in [3.63, 3.8) is 0 Å². The van der Waals surface area contributed by atoms with Gasteiger partial charge in [0, 0.05) is 35.8 Å². The number of benzene rings is 2. The van der Waals surface area contributed by atoms with E-state index in [1.165, 1.54) is 31.0 Å². The van der Waals surface area contributed by atoms with Gasteiger partial charge in [-0.2, -0.15) is 0 Å². The minimum absolute atomic E-state index is 0.0284. The van der Waals surface area contributed by atoms with Crippen molar-refractivity contribution in [1.82, 2.24) is 9.80 Å². The topological polar surface area (TPSA) is 75.9 Å². The maximum atomic E-state index is 13.0. The van der Waals surface area contributed by atoms with Crippen LogP contribution < -0.4 is 4.74 Å². The highest BCUT2D eigenvalue weighted by Gasteiger charge is 2.31. The van der Waals surface area contributed by atoms with E-state index in [0.717, 1.165) is 39.0 Å². The largest absolute Gasteiger partial charge is 0.450 e. The number of ether oxygens (including phenoxy) is 1. The number of halogens is 1. The Bertz CT molecular complexity index is 928. The number of amides is 1. The van der Waals surface area contributed by atoms with Crippen molar-refractivity contribution < 1.29 is 14.5 Å². The van der Waals surface area contributed by atoms with Gasteiger partial charge in [0.2, 0.25) is 5.75 Å². The first-order chi connectivity index (χ1) is 14.5. The number of hydrogen-bond donors (Lipinski definition) is 0. The average molecular weight is 430 g/mol. The van der Waals surface area contributed by atoms with Crippen molar-refractivity contribution in [3.05, 3.63) is 63.2 Å². The Hall–Kier alpha value is -2.64. The highest BCUT2D eigenvalue weighted by molar-refractivity contribution is 6.30. The lowest BCUT2D eigenvalue weighted by molar-refractivity contribution is -0.385. The zero-order chi connectivity index (χ0) is 21.1. The standard InChI is InChI=1S/C22H24ClN3O4/c23-17-7-10-21(20(14-17)26(28)29)30-19-8-5-16(6-9-19)22(27)25-13-3-4-18(25)15-24-11-1-2-12-24/h5-10,14,18H,1-4,11-13,15H2. The van der Waals surface area contributed by atoms with Crippen molar-refractivity contribution >= 4 is 23.2 Å². The van der Waals surface area contributed by atoms with Gasteiger partial charge in [0.05, 0.1) is 4.92 Å². The Balaban J connectivity index is 1.44. The van der Waals surface area contributed by atoms with Crippen LogP contribution in [0.4, 0.5) is 5.69 Å². The maximum absolute atomic E-state index is 13.0. The van der Waals surface area contributed by atoms with Crippen molar-refractivity contribution in [1.29, 1.82) is 0 Å². The highest BCUT2D eigenvalue weighted by atomic mass is 35.5. The fourth-order valence-electron chi connectivity index (χ4n) is 4.23. The SMILES string of the molecule is O=C(c1ccc(Oc2ccc(Cl)cc2[N+](=O)[O-])cc1)N1CCCC1CN1CCCC1. The van der Waals surface area contributed by atoms with Gasteiger partial charge in [-0.05, 0) is 75.2 Å². The predicted octanol–water partition coefficient (Wildman–Crippen LogP) is 4.74. The molecule has 2 saturated heterocycles. The first kappa shape index (κ1) is 20.6. The highest BCUT2D eigenvalue weighted by Crippen LogP contribution is 2.33. The van der Waals surface area contributed by atoms with E-state index in [-0.39, 0.29) is 28.4 Å². The van der Waals surface area contributed by atoms with Crippen LogP contribution >= 0.6 is 11.6 Å². The normalized spacial score (nSPS) is 19.2. The molecular weight excluding hydrogens is 406 g/mol. The monoisotopic (exact) mass is 429 g/mol. The lowest BCUT2D eigenvalue weighted by Crippen LogP contribution is -2.42. The summed E-state index contributed by atoms with van der Waals surface area (Å²) in [5.74, 6) is 0.557. The lowest BCUT2D eigenvalue weighted by Gasteiger charge is -2.28. The molecule has 1 amide bonds. The summed E-state index contributed by atoms with van der Waals surface area (Å²) in [6, 6.07) is 11.3. The molecule has 8 heteroatoms. The van der Waals surface area contributed by atoms with Gasteiger partial charge in [-0.25, -0.2) is 0 Å². The molecule has 2 aliphatic rings. The van der Waals surface area contributed by atoms with Gasteiger partial charge in [-0.15, -0.1) is 0 Å². The molecule has 2 fully saturated rings. The van der Waals surface area contributed by atoms with Crippen molar-refractivity contribution in [3.8, 4) is 11.5 Å². The zero-order valence-corrected chi connectivity index (χ0v) is 17.4. The second-order valence-electron chi connectivity index (χ2n) is 7.80. The molecule has 2 aliphatic heterocycles. The van der Waals surface area contributed by atoms with Crippen molar-refractivity contribution in [2.24, 2.45) is 0 Å². The number of nitrogens with zero attached hydrogens (tertiary/aromatic N) is 3. The molecule has 30 heavy (non-hydrogen) atoms. The maximum Gasteiger partial charge on any atom is 0.313 e. The summed E-state index contributed by atoms with van der Waals surface area (Å²) in [6.45, 7) is 3.99. The summed E-state index contributed by atoms with van der Waals surface area (Å²) in [5.41, 5.74) is 0.394. The molecular formula is C22H24ClN3O4. The minimum Gasteiger partial charge on any atom is -0.450 e. The lowest BCUT2D eigenvalue weighted by atomic mass is 10.1. The van der Waals surface area contributed by atoms with E-state index in [1.807, 2.05) is 4.90 Å². The van der Waals surface area contributed by atoms with Gasteiger partial charge in [0.1, 0.15) is 5.75 Å². The molecule has 1 atom stereocenters. The molecule has 7 nitrogen and oxygen atoms in total. The Kier molecular flexibility index (Phi) is 6.20. The number of nitro groups is 1. The number of likely N-dealkylation sites (tertiary alicyclic amines) is 2. The van der Waals surface area contributed by atoms with Crippen LogP contribution in [0.1, 0.15) is 36.0 Å². The van der Waals surface area contributed by atoms with Crippen LogP contribution in [0, 0.1) is 10.1 Å². The number of hydrogen-bond acceptors (Lipinski definition) is 5. The summed E-state index contributed by atoms with van der Waals surface area (Å²) in [6.07, 6.45) is 4.57. The first-order valence-electron chi connectivity index (χ1n) is 10.3. The zero-order valence-electron chi connectivity index (χ0n) is 16.6. The molecule has 4 rings (SSSR count). The van der Waals surface area contributed by atoms with Crippen LogP contribution in [0.3, 0.4) is 0 Å². The average Bonchev–Trinajstić information content (AvgIpc) is 3.42. The van der Waals surface area contributed by atoms with E-state index in [0.29, 0.717) is 11.3 Å². The molecule has 0 aromatic heterocycles.